The molecule has 2 N–H and O–H groups in total. The molecule has 0 radical (unpaired) electrons. The lowest BCUT2D eigenvalue weighted by atomic mass is 10.6. The molecule has 0 unspecified atom stereocenters. The predicted octanol–water partition coefficient (Wildman–Crippen LogP) is -0.0216. The minimum Gasteiger partial charge on any atom is -0.468 e. The lowest BCUT2D eigenvalue weighted by molar-refractivity contribution is -0.147. The van der Waals surface area contributed by atoms with E-state index in [2.05, 4.69) is 4.74 Å². The van der Waals surface area contributed by atoms with Crippen molar-refractivity contribution in [1.82, 2.24) is 10.6 Å². The van der Waals surface area contributed by atoms with Crippen molar-refractivity contribution in [3.8, 4) is 0 Å². The van der Waals surface area contributed by atoms with E-state index in [1.54, 1.807) is 5.32 Å². The fraction of sp³-hybridized carbons (Fsp3) is 0.600. The average Bonchev–Trinajstić information content (AvgIpc) is 1.97. The third-order valence-corrected chi connectivity index (χ3v) is 0.876. The topological polar surface area (TPSA) is 67.4 Å². The Bertz CT molecular complexity index is 204. The molecule has 0 aromatic heterocycles. The van der Waals surface area contributed by atoms with Crippen LogP contribution in [0.2, 0.25) is 0 Å². The number of alkyl halides is 3. The highest BCUT2D eigenvalue weighted by atomic mass is 19.4. The van der Waals surface area contributed by atoms with E-state index in [1.807, 2.05) is 0 Å². The summed E-state index contributed by atoms with van der Waals surface area (Å²) in [6.07, 6.45) is -4.81. The molecule has 5 nitrogen and oxygen atoms in total. The van der Waals surface area contributed by atoms with Gasteiger partial charge in [-0.05, 0) is 0 Å². The summed E-state index contributed by atoms with van der Waals surface area (Å²) >= 11 is 0. The van der Waals surface area contributed by atoms with E-state index >= 15 is 0 Å². The lowest BCUT2D eigenvalue weighted by Crippen LogP contribution is -2.45. The van der Waals surface area contributed by atoms with Crippen LogP contribution in [-0.2, 0) is 9.53 Å². The lowest BCUT2D eigenvalue weighted by Gasteiger charge is -2.08. The molecule has 13 heavy (non-hydrogen) atoms. The molecule has 8 heteroatoms. The van der Waals surface area contributed by atoms with Gasteiger partial charge in [0.1, 0.15) is 6.54 Å². The molecule has 0 aliphatic rings. The van der Waals surface area contributed by atoms with Gasteiger partial charge >= 0.3 is 18.3 Å². The Labute approximate surface area is 71.2 Å². The average molecular weight is 200 g/mol. The van der Waals surface area contributed by atoms with Crippen LogP contribution in [0.5, 0.6) is 0 Å². The van der Waals surface area contributed by atoms with Crippen LogP contribution in [0.4, 0.5) is 18.0 Å². The Kier molecular flexibility index (Phi) is 4.02. The molecule has 0 bridgehead atoms. The molecule has 0 saturated carbocycles. The van der Waals surface area contributed by atoms with Crippen molar-refractivity contribution in [2.24, 2.45) is 0 Å². The van der Waals surface area contributed by atoms with E-state index in [1.165, 1.54) is 0 Å². The Balaban J connectivity index is 3.71. The fourth-order valence-electron chi connectivity index (χ4n) is 0.398. The number of halogens is 3. The van der Waals surface area contributed by atoms with Crippen LogP contribution in [0, 0.1) is 0 Å². The summed E-state index contributed by atoms with van der Waals surface area (Å²) in [5, 5.41) is 2.29. The van der Waals surface area contributed by atoms with Gasteiger partial charge in [-0.2, -0.15) is 13.2 Å². The van der Waals surface area contributed by atoms with Crippen LogP contribution in [0.3, 0.4) is 0 Å². The third kappa shape index (κ3) is 6.91. The standard InChI is InChI=1S/C5H7F3N2O3/c1-13-3(11)2-9-4(12)10-5(6,7)8/h2H2,1H3,(H2,9,10,12). The van der Waals surface area contributed by atoms with E-state index in [0.717, 1.165) is 7.11 Å². The molecule has 0 aromatic rings. The van der Waals surface area contributed by atoms with Gasteiger partial charge in [0.25, 0.3) is 0 Å². The first-order valence-corrected chi connectivity index (χ1v) is 3.04. The van der Waals surface area contributed by atoms with Crippen LogP contribution in [-0.4, -0.2) is 32.0 Å². The number of methoxy groups -OCH3 is 1. The van der Waals surface area contributed by atoms with Crippen LogP contribution in [0.15, 0.2) is 0 Å². The summed E-state index contributed by atoms with van der Waals surface area (Å²) < 4.78 is 38.3. The highest BCUT2D eigenvalue weighted by Gasteiger charge is 2.29. The quantitative estimate of drug-likeness (QED) is 0.486. The van der Waals surface area contributed by atoms with Gasteiger partial charge in [0.2, 0.25) is 0 Å². The van der Waals surface area contributed by atoms with Crippen molar-refractivity contribution in [2.45, 2.75) is 6.30 Å². The van der Waals surface area contributed by atoms with E-state index in [9.17, 15) is 22.8 Å². The maximum atomic E-state index is 11.4. The summed E-state index contributed by atoms with van der Waals surface area (Å²) in [5.74, 6) is -0.836. The molecule has 0 aliphatic carbocycles. The van der Waals surface area contributed by atoms with Crippen molar-refractivity contribution >= 4 is 12.0 Å². The first-order valence-electron chi connectivity index (χ1n) is 3.04. The molecule has 0 spiro atoms. The fourth-order valence-corrected chi connectivity index (χ4v) is 0.398. The first kappa shape index (κ1) is 11.5. The van der Waals surface area contributed by atoms with Crippen LogP contribution >= 0.6 is 0 Å². The second-order valence-corrected chi connectivity index (χ2v) is 1.88. The summed E-state index contributed by atoms with van der Waals surface area (Å²) in [5.41, 5.74) is 0. The van der Waals surface area contributed by atoms with Crippen molar-refractivity contribution in [3.63, 3.8) is 0 Å². The van der Waals surface area contributed by atoms with E-state index in [4.69, 9.17) is 0 Å². The number of nitrogens with one attached hydrogen (secondary N) is 2. The largest absolute Gasteiger partial charge is 0.485 e. The predicted molar refractivity (Wildman–Crippen MR) is 34.6 cm³/mol. The summed E-state index contributed by atoms with van der Waals surface area (Å²) in [7, 11) is 1.05. The van der Waals surface area contributed by atoms with Crippen LogP contribution < -0.4 is 10.6 Å². The van der Waals surface area contributed by atoms with E-state index in [0.29, 0.717) is 5.32 Å². The monoisotopic (exact) mass is 200 g/mol. The zero-order valence-electron chi connectivity index (χ0n) is 6.57. The Morgan fingerprint density at radius 1 is 1.38 bits per heavy atom. The number of hydrogen-bond donors (Lipinski definition) is 2. The molecule has 76 valence electrons. The number of carbonyl (C=O) groups is 2. The van der Waals surface area contributed by atoms with Gasteiger partial charge < -0.3 is 10.1 Å². The number of carbonyl (C=O) groups excluding carboxylic acids is 2. The van der Waals surface area contributed by atoms with Crippen molar-refractivity contribution < 1.29 is 27.5 Å². The van der Waals surface area contributed by atoms with Gasteiger partial charge in [-0.25, -0.2) is 10.1 Å². The van der Waals surface area contributed by atoms with Crippen LogP contribution in [0.1, 0.15) is 0 Å². The van der Waals surface area contributed by atoms with Crippen LogP contribution in [0.25, 0.3) is 0 Å². The number of hydrogen-bond acceptors (Lipinski definition) is 3. The van der Waals surface area contributed by atoms with Gasteiger partial charge in [-0.15, -0.1) is 0 Å². The molecule has 0 heterocycles. The summed E-state index contributed by atoms with van der Waals surface area (Å²) in [6, 6.07) is -1.50. The van der Waals surface area contributed by atoms with Gasteiger partial charge in [-0.1, -0.05) is 0 Å². The Morgan fingerprint density at radius 2 is 1.92 bits per heavy atom. The third-order valence-electron chi connectivity index (χ3n) is 0.876. The van der Waals surface area contributed by atoms with Crippen molar-refractivity contribution in [2.75, 3.05) is 13.7 Å². The number of ether oxygens (including phenoxy) is 1. The molecule has 0 fully saturated rings. The molecule has 2 amide bonds. The number of amides is 2. The SMILES string of the molecule is COC(=O)CNC(=O)NC(F)(F)F. The zero-order valence-corrected chi connectivity index (χ0v) is 6.57. The maximum absolute atomic E-state index is 11.4. The first-order chi connectivity index (χ1) is 5.85. The van der Waals surface area contributed by atoms with Gasteiger partial charge in [0.05, 0.1) is 7.11 Å². The van der Waals surface area contributed by atoms with Gasteiger partial charge in [0, 0.05) is 0 Å². The van der Waals surface area contributed by atoms with Gasteiger partial charge in [0.15, 0.2) is 0 Å². The Hall–Kier alpha value is -1.47. The highest BCUT2D eigenvalue weighted by Crippen LogP contribution is 2.08. The van der Waals surface area contributed by atoms with E-state index < -0.39 is 24.8 Å². The molecule has 0 aliphatic heterocycles. The smallest absolute Gasteiger partial charge is 0.468 e. The second-order valence-electron chi connectivity index (χ2n) is 1.88. The summed E-state index contributed by atoms with van der Waals surface area (Å²) in [4.78, 5) is 20.7. The minimum atomic E-state index is -4.81. The normalized spacial score (nSPS) is 10.5. The second kappa shape index (κ2) is 4.53. The van der Waals surface area contributed by atoms with Crippen molar-refractivity contribution in [3.05, 3.63) is 0 Å². The molecule has 0 atom stereocenters. The minimum absolute atomic E-state index is 0.613. The molecule has 0 rings (SSSR count). The summed E-state index contributed by atoms with van der Waals surface area (Å²) in [6.45, 7) is -0.613. The van der Waals surface area contributed by atoms with E-state index in [-0.39, 0.29) is 0 Å². The number of urea groups is 1. The molecule has 0 saturated heterocycles. The number of esters is 1. The number of rotatable bonds is 2. The maximum Gasteiger partial charge on any atom is 0.485 e. The molecular weight excluding hydrogens is 193 g/mol. The zero-order chi connectivity index (χ0) is 10.5. The van der Waals surface area contributed by atoms with Crippen molar-refractivity contribution in [1.29, 1.82) is 0 Å². The molecule has 0 aromatic carbocycles. The Morgan fingerprint density at radius 3 is 2.31 bits per heavy atom. The van der Waals surface area contributed by atoms with Gasteiger partial charge in [-0.3, -0.25) is 4.79 Å². The molecular formula is C5H7F3N2O3. The highest BCUT2D eigenvalue weighted by molar-refractivity contribution is 5.80.